The molecule has 0 fully saturated rings. The minimum absolute atomic E-state index is 0.0508. The van der Waals surface area contributed by atoms with Crippen LogP contribution in [-0.2, 0) is 9.59 Å². The predicted octanol–water partition coefficient (Wildman–Crippen LogP) is -2.10. The van der Waals surface area contributed by atoms with E-state index in [-0.39, 0.29) is 19.5 Å². The lowest BCUT2D eigenvalue weighted by Crippen LogP contribution is -2.35. The molecule has 0 aromatic carbocycles. The number of nitrogens with two attached hydrogens (primary N) is 1. The van der Waals surface area contributed by atoms with Gasteiger partial charge in [0.15, 0.2) is 0 Å². The van der Waals surface area contributed by atoms with E-state index in [1.54, 1.807) is 0 Å². The molecule has 5 N–H and O–H groups in total. The Bertz CT molecular complexity index is 171. The van der Waals surface area contributed by atoms with Crippen molar-refractivity contribution in [3.63, 3.8) is 0 Å². The summed E-state index contributed by atoms with van der Waals surface area (Å²) in [6.45, 7) is -0.00802. The number of hydrogen-bond donors (Lipinski definition) is 4. The molecule has 0 rings (SSSR count). The van der Waals surface area contributed by atoms with Crippen molar-refractivity contribution in [2.75, 3.05) is 13.1 Å². The Morgan fingerprint density at radius 2 is 2.08 bits per heavy atom. The van der Waals surface area contributed by atoms with Crippen molar-refractivity contribution in [3.8, 4) is 0 Å². The zero-order valence-electron chi connectivity index (χ0n) is 6.49. The largest absolute Gasteiger partial charge is 0.481 e. The summed E-state index contributed by atoms with van der Waals surface area (Å²) in [4.78, 5) is 20.2. The number of carbonyl (C=O) groups is 2. The zero-order chi connectivity index (χ0) is 9.56. The zero-order valence-corrected chi connectivity index (χ0v) is 6.49. The van der Waals surface area contributed by atoms with Crippen LogP contribution in [0.1, 0.15) is 6.42 Å². The molecular formula is C6H12N2O4. The molecule has 12 heavy (non-hydrogen) atoms. The summed E-state index contributed by atoms with van der Waals surface area (Å²) in [6.07, 6.45) is -1.33. The number of carboxylic acid groups (broad SMARTS) is 1. The van der Waals surface area contributed by atoms with Crippen LogP contribution in [-0.4, -0.2) is 41.3 Å². The molecule has 0 aliphatic carbocycles. The lowest BCUT2D eigenvalue weighted by molar-refractivity contribution is -0.139. The number of primary amides is 1. The summed E-state index contributed by atoms with van der Waals surface area (Å²) in [5.74, 6) is -1.62. The van der Waals surface area contributed by atoms with Crippen molar-refractivity contribution in [2.24, 2.45) is 5.73 Å². The highest BCUT2D eigenvalue weighted by atomic mass is 16.4. The van der Waals surface area contributed by atoms with Gasteiger partial charge < -0.3 is 21.3 Å². The predicted molar refractivity (Wildman–Crippen MR) is 40.3 cm³/mol. The van der Waals surface area contributed by atoms with Gasteiger partial charge in [-0.15, -0.1) is 0 Å². The molecule has 0 heterocycles. The topological polar surface area (TPSA) is 113 Å². The van der Waals surface area contributed by atoms with E-state index in [1.165, 1.54) is 0 Å². The van der Waals surface area contributed by atoms with E-state index in [0.29, 0.717) is 0 Å². The number of aliphatic hydroxyl groups is 1. The molecule has 0 aliphatic heterocycles. The molecule has 0 aromatic heterocycles. The molecule has 0 bridgehead atoms. The van der Waals surface area contributed by atoms with E-state index >= 15 is 0 Å². The third kappa shape index (κ3) is 6.97. The first kappa shape index (κ1) is 10.9. The highest BCUT2D eigenvalue weighted by molar-refractivity contribution is 5.75. The van der Waals surface area contributed by atoms with Crippen molar-refractivity contribution in [1.29, 1.82) is 0 Å². The Balaban J connectivity index is 3.37. The van der Waals surface area contributed by atoms with E-state index < -0.39 is 18.0 Å². The number of aliphatic hydroxyl groups excluding tert-OH is 1. The monoisotopic (exact) mass is 176 g/mol. The van der Waals surface area contributed by atoms with Gasteiger partial charge in [0.05, 0.1) is 19.1 Å². The molecule has 6 heteroatoms. The van der Waals surface area contributed by atoms with Crippen molar-refractivity contribution in [3.05, 3.63) is 0 Å². The lowest BCUT2D eigenvalue weighted by atomic mass is 10.2. The van der Waals surface area contributed by atoms with Gasteiger partial charge in [0, 0.05) is 6.54 Å². The molecule has 0 spiro atoms. The maximum Gasteiger partial charge on any atom is 0.306 e. The van der Waals surface area contributed by atoms with Gasteiger partial charge in [0.2, 0.25) is 5.91 Å². The van der Waals surface area contributed by atoms with Gasteiger partial charge in [-0.2, -0.15) is 0 Å². The molecule has 1 amide bonds. The number of hydrogen-bond acceptors (Lipinski definition) is 4. The van der Waals surface area contributed by atoms with Gasteiger partial charge >= 0.3 is 5.97 Å². The smallest absolute Gasteiger partial charge is 0.306 e. The normalized spacial score (nSPS) is 12.4. The second-order valence-corrected chi connectivity index (χ2v) is 2.35. The van der Waals surface area contributed by atoms with Gasteiger partial charge in [0.1, 0.15) is 0 Å². The van der Waals surface area contributed by atoms with Gasteiger partial charge in [-0.05, 0) is 0 Å². The summed E-state index contributed by atoms with van der Waals surface area (Å²) in [5, 5.41) is 19.7. The quantitative estimate of drug-likeness (QED) is 0.370. The molecule has 0 saturated carbocycles. The SMILES string of the molecule is NC(=O)CNCC(O)CC(=O)O. The summed E-state index contributed by atoms with van der Waals surface area (Å²) in [7, 11) is 0. The average molecular weight is 176 g/mol. The summed E-state index contributed by atoms with van der Waals surface area (Å²) < 4.78 is 0. The Labute approximate surface area is 69.4 Å². The van der Waals surface area contributed by atoms with Crippen LogP contribution in [0.4, 0.5) is 0 Å². The summed E-state index contributed by atoms with van der Waals surface area (Å²) in [5.41, 5.74) is 4.78. The average Bonchev–Trinajstić information content (AvgIpc) is 1.84. The first-order valence-electron chi connectivity index (χ1n) is 3.41. The number of amides is 1. The fourth-order valence-corrected chi connectivity index (χ4v) is 0.636. The minimum Gasteiger partial charge on any atom is -0.481 e. The second kappa shape index (κ2) is 5.50. The summed E-state index contributed by atoms with van der Waals surface area (Å²) in [6, 6.07) is 0. The number of nitrogens with one attached hydrogen (secondary N) is 1. The minimum atomic E-state index is -1.08. The van der Waals surface area contributed by atoms with Crippen LogP contribution in [0.15, 0.2) is 0 Å². The van der Waals surface area contributed by atoms with Crippen LogP contribution in [0.2, 0.25) is 0 Å². The van der Waals surface area contributed by atoms with Crippen LogP contribution < -0.4 is 11.1 Å². The van der Waals surface area contributed by atoms with E-state index in [2.05, 4.69) is 5.32 Å². The molecule has 0 aliphatic rings. The van der Waals surface area contributed by atoms with Crippen molar-refractivity contribution < 1.29 is 19.8 Å². The molecule has 70 valence electrons. The number of carbonyl (C=O) groups excluding carboxylic acids is 1. The number of aliphatic carboxylic acids is 1. The third-order valence-corrected chi connectivity index (χ3v) is 1.09. The van der Waals surface area contributed by atoms with Crippen LogP contribution >= 0.6 is 0 Å². The van der Waals surface area contributed by atoms with Crippen molar-refractivity contribution in [1.82, 2.24) is 5.32 Å². The molecule has 0 aromatic rings. The first-order chi connectivity index (χ1) is 5.52. The fourth-order valence-electron chi connectivity index (χ4n) is 0.636. The molecule has 0 saturated heterocycles. The number of rotatable bonds is 6. The Kier molecular flexibility index (Phi) is 4.98. The Morgan fingerprint density at radius 1 is 1.50 bits per heavy atom. The van der Waals surface area contributed by atoms with Crippen LogP contribution in [0.25, 0.3) is 0 Å². The van der Waals surface area contributed by atoms with Gasteiger partial charge in [0.25, 0.3) is 0 Å². The highest BCUT2D eigenvalue weighted by Crippen LogP contribution is 1.88. The van der Waals surface area contributed by atoms with E-state index in [0.717, 1.165) is 0 Å². The number of carboxylic acids is 1. The van der Waals surface area contributed by atoms with Gasteiger partial charge in [-0.3, -0.25) is 9.59 Å². The maximum absolute atomic E-state index is 10.2. The standard InChI is InChI=1S/C6H12N2O4/c7-5(10)3-8-2-4(9)1-6(11)12/h4,8-9H,1-3H2,(H2,7,10)(H,11,12). The van der Waals surface area contributed by atoms with E-state index in [1.807, 2.05) is 0 Å². The van der Waals surface area contributed by atoms with Crippen LogP contribution in [0.5, 0.6) is 0 Å². The van der Waals surface area contributed by atoms with Crippen LogP contribution in [0, 0.1) is 0 Å². The Morgan fingerprint density at radius 3 is 2.50 bits per heavy atom. The Hall–Kier alpha value is -1.14. The van der Waals surface area contributed by atoms with Gasteiger partial charge in [-0.1, -0.05) is 0 Å². The molecular weight excluding hydrogens is 164 g/mol. The van der Waals surface area contributed by atoms with E-state index in [9.17, 15) is 9.59 Å². The third-order valence-electron chi connectivity index (χ3n) is 1.09. The maximum atomic E-state index is 10.2. The first-order valence-corrected chi connectivity index (χ1v) is 3.41. The van der Waals surface area contributed by atoms with E-state index in [4.69, 9.17) is 15.9 Å². The second-order valence-electron chi connectivity index (χ2n) is 2.35. The fraction of sp³-hybridized carbons (Fsp3) is 0.667. The van der Waals surface area contributed by atoms with Crippen molar-refractivity contribution >= 4 is 11.9 Å². The lowest BCUT2D eigenvalue weighted by Gasteiger charge is -2.07. The van der Waals surface area contributed by atoms with Gasteiger partial charge in [-0.25, -0.2) is 0 Å². The van der Waals surface area contributed by atoms with Crippen molar-refractivity contribution in [2.45, 2.75) is 12.5 Å². The summed E-state index contributed by atoms with van der Waals surface area (Å²) >= 11 is 0. The molecule has 1 atom stereocenters. The molecule has 6 nitrogen and oxygen atoms in total. The molecule has 1 unspecified atom stereocenters. The van der Waals surface area contributed by atoms with Crippen LogP contribution in [0.3, 0.4) is 0 Å². The highest BCUT2D eigenvalue weighted by Gasteiger charge is 2.08. The molecule has 0 radical (unpaired) electrons.